The third-order valence-corrected chi connectivity index (χ3v) is 10.5. The highest BCUT2D eigenvalue weighted by molar-refractivity contribution is 7.99. The fourth-order valence-electron chi connectivity index (χ4n) is 6.15. The molecule has 0 aliphatic carbocycles. The molecule has 5 N–H and O–H groups in total. The van der Waals surface area contributed by atoms with E-state index in [0.717, 1.165) is 50.5 Å². The molecular weight excluding hydrogens is 731 g/mol. The maximum atomic E-state index is 14.0. The number of esters is 1. The lowest BCUT2D eigenvalue weighted by molar-refractivity contribution is -0.141. The van der Waals surface area contributed by atoms with Crippen LogP contribution in [0.1, 0.15) is 142 Å². The number of benzene rings is 1. The Morgan fingerprint density at radius 2 is 1.16 bits per heavy atom. The van der Waals surface area contributed by atoms with E-state index in [-0.39, 0.29) is 36.5 Å². The number of rotatable bonds is 33. The van der Waals surface area contributed by atoms with E-state index in [1.54, 1.807) is 0 Å². The highest BCUT2D eigenvalue weighted by Crippen LogP contribution is 2.12. The molecule has 0 unspecified atom stereocenters. The van der Waals surface area contributed by atoms with Crippen LogP contribution < -0.4 is 26.6 Å². The molecule has 0 heterocycles. The van der Waals surface area contributed by atoms with E-state index >= 15 is 0 Å². The first-order chi connectivity index (χ1) is 27.0. The number of carbonyl (C=O) groups excluding carboxylic acids is 6. The van der Waals surface area contributed by atoms with Crippen molar-refractivity contribution < 1.29 is 33.5 Å². The highest BCUT2D eigenvalue weighted by Gasteiger charge is 2.30. The minimum absolute atomic E-state index is 0.0148. The molecular formula is C43H73N5O7S. The number of hydrogen-bond acceptors (Lipinski definition) is 8. The summed E-state index contributed by atoms with van der Waals surface area (Å²) in [6.45, 7) is 8.30. The van der Waals surface area contributed by atoms with Crippen LogP contribution in [0.2, 0.25) is 0 Å². The van der Waals surface area contributed by atoms with E-state index in [2.05, 4.69) is 45.2 Å². The van der Waals surface area contributed by atoms with Crippen molar-refractivity contribution in [3.63, 3.8) is 0 Å². The molecule has 0 fully saturated rings. The fraction of sp³-hybridized carbons (Fsp3) is 0.721. The Morgan fingerprint density at radius 1 is 0.625 bits per heavy atom. The number of nitrogens with one attached hydrogen (secondary N) is 5. The van der Waals surface area contributed by atoms with Crippen molar-refractivity contribution in [3.05, 3.63) is 35.9 Å². The molecule has 0 saturated heterocycles. The van der Waals surface area contributed by atoms with Crippen LogP contribution in [0.3, 0.4) is 0 Å². The Hall–Kier alpha value is -3.61. The third kappa shape index (κ3) is 25.5. The zero-order chi connectivity index (χ0) is 41.4. The van der Waals surface area contributed by atoms with E-state index < -0.39 is 41.8 Å². The Labute approximate surface area is 341 Å². The fourth-order valence-corrected chi connectivity index (χ4v) is 7.03. The van der Waals surface area contributed by atoms with Crippen LogP contribution in [0.15, 0.2) is 30.3 Å². The molecule has 13 heteroatoms. The van der Waals surface area contributed by atoms with Crippen LogP contribution >= 0.6 is 11.8 Å². The van der Waals surface area contributed by atoms with Crippen molar-refractivity contribution in [2.45, 2.75) is 161 Å². The normalized spacial score (nSPS) is 12.6. The predicted molar refractivity (Wildman–Crippen MR) is 226 cm³/mol. The van der Waals surface area contributed by atoms with Crippen molar-refractivity contribution in [1.82, 2.24) is 26.6 Å². The SMILES string of the molecule is CCCCCCCCCC(=O)NCCSC[C@@H](NC(=O)CCCCCCCCC)C(=O)N[C@@H](Cc1ccccc1)C(=O)N[C@@H](CC(C)C)C(=O)NCC(=O)OC. The van der Waals surface area contributed by atoms with Gasteiger partial charge in [-0.15, -0.1) is 0 Å². The Morgan fingerprint density at radius 3 is 1.73 bits per heavy atom. The monoisotopic (exact) mass is 804 g/mol. The van der Waals surface area contributed by atoms with Gasteiger partial charge in [-0.05, 0) is 30.7 Å². The summed E-state index contributed by atoms with van der Waals surface area (Å²) < 4.78 is 4.63. The van der Waals surface area contributed by atoms with Crippen molar-refractivity contribution >= 4 is 47.3 Å². The predicted octanol–water partition coefficient (Wildman–Crippen LogP) is 6.15. The Bertz CT molecular complexity index is 1270. The summed E-state index contributed by atoms with van der Waals surface area (Å²) >= 11 is 1.44. The molecule has 0 radical (unpaired) electrons. The Kier molecular flexibility index (Phi) is 29.2. The first-order valence-electron chi connectivity index (χ1n) is 21.1. The Balaban J connectivity index is 2.99. The van der Waals surface area contributed by atoms with E-state index in [1.807, 2.05) is 44.2 Å². The number of thioether (sulfide) groups is 1. The van der Waals surface area contributed by atoms with Gasteiger partial charge in [0.15, 0.2) is 0 Å². The zero-order valence-electron chi connectivity index (χ0n) is 35.0. The molecule has 0 bridgehead atoms. The molecule has 0 aliphatic heterocycles. The second-order valence-electron chi connectivity index (χ2n) is 15.0. The molecule has 5 amide bonds. The second-order valence-corrected chi connectivity index (χ2v) is 16.2. The number of ether oxygens (including phenoxy) is 1. The van der Waals surface area contributed by atoms with Gasteiger partial charge in [0, 0.05) is 37.3 Å². The summed E-state index contributed by atoms with van der Waals surface area (Å²) in [7, 11) is 1.22. The average Bonchev–Trinajstić information content (AvgIpc) is 3.18. The standard InChI is InChI=1S/C43H73N5O7S/c1-6-8-10-12-14-16-21-25-38(49)44-27-28-56-32-37(46-39(50)26-22-17-15-13-11-9-7-2)43(54)48-36(30-34-23-19-18-20-24-34)42(53)47-35(29-33(3)4)41(52)45-31-40(51)55-5/h18-20,23-24,33,35-37H,6-17,21-22,25-32H2,1-5H3,(H,44,49)(H,45,52)(H,46,50)(H,47,53)(H,48,54)/t35-,36-,37+/m0/s1. The summed E-state index contributed by atoms with van der Waals surface area (Å²) in [5.74, 6) is -1.63. The van der Waals surface area contributed by atoms with Gasteiger partial charge >= 0.3 is 5.97 Å². The second kappa shape index (κ2) is 32.5. The maximum absolute atomic E-state index is 14.0. The molecule has 56 heavy (non-hydrogen) atoms. The first-order valence-corrected chi connectivity index (χ1v) is 22.3. The lowest BCUT2D eigenvalue weighted by Gasteiger charge is -2.26. The van der Waals surface area contributed by atoms with Crippen LogP contribution in [-0.2, 0) is 39.9 Å². The molecule has 12 nitrogen and oxygen atoms in total. The van der Waals surface area contributed by atoms with E-state index in [4.69, 9.17) is 0 Å². The van der Waals surface area contributed by atoms with Crippen LogP contribution in [0, 0.1) is 5.92 Å². The van der Waals surface area contributed by atoms with Gasteiger partial charge in [-0.1, -0.05) is 135 Å². The number of unbranched alkanes of at least 4 members (excludes halogenated alkanes) is 12. The largest absolute Gasteiger partial charge is 0.468 e. The van der Waals surface area contributed by atoms with E-state index in [0.29, 0.717) is 31.6 Å². The van der Waals surface area contributed by atoms with E-state index in [1.165, 1.54) is 63.8 Å². The van der Waals surface area contributed by atoms with Gasteiger partial charge < -0.3 is 31.3 Å². The van der Waals surface area contributed by atoms with Gasteiger partial charge in [-0.25, -0.2) is 0 Å². The topological polar surface area (TPSA) is 172 Å². The molecule has 1 aromatic rings. The molecule has 0 aromatic heterocycles. The first kappa shape index (κ1) is 50.4. The minimum Gasteiger partial charge on any atom is -0.468 e. The number of hydrogen-bond donors (Lipinski definition) is 5. The summed E-state index contributed by atoms with van der Waals surface area (Å²) in [5.41, 5.74) is 0.796. The van der Waals surface area contributed by atoms with Crippen molar-refractivity contribution in [1.29, 1.82) is 0 Å². The van der Waals surface area contributed by atoms with Gasteiger partial charge in [-0.3, -0.25) is 28.8 Å². The molecule has 0 saturated carbocycles. The quantitative estimate of drug-likeness (QED) is 0.0416. The molecule has 0 spiro atoms. The number of amides is 5. The molecule has 1 rings (SSSR count). The molecule has 318 valence electrons. The smallest absolute Gasteiger partial charge is 0.325 e. The zero-order valence-corrected chi connectivity index (χ0v) is 35.8. The van der Waals surface area contributed by atoms with Crippen LogP contribution in [0.4, 0.5) is 0 Å². The number of carbonyl (C=O) groups is 6. The molecule has 1 aromatic carbocycles. The van der Waals surface area contributed by atoms with E-state index in [9.17, 15) is 28.8 Å². The van der Waals surface area contributed by atoms with Gasteiger partial charge in [0.1, 0.15) is 24.7 Å². The van der Waals surface area contributed by atoms with Crippen molar-refractivity contribution in [3.8, 4) is 0 Å². The van der Waals surface area contributed by atoms with Crippen LogP contribution in [0.5, 0.6) is 0 Å². The minimum atomic E-state index is -1.06. The van der Waals surface area contributed by atoms with Gasteiger partial charge in [0.05, 0.1) is 7.11 Å². The summed E-state index contributed by atoms with van der Waals surface area (Å²) in [4.78, 5) is 78.1. The highest BCUT2D eigenvalue weighted by atomic mass is 32.2. The lowest BCUT2D eigenvalue weighted by atomic mass is 10.0. The van der Waals surface area contributed by atoms with Crippen molar-refractivity contribution in [2.75, 3.05) is 31.7 Å². The van der Waals surface area contributed by atoms with Crippen LogP contribution in [0.25, 0.3) is 0 Å². The summed E-state index contributed by atoms with van der Waals surface area (Å²) in [6.07, 6.45) is 16.7. The summed E-state index contributed by atoms with van der Waals surface area (Å²) in [5, 5.41) is 14.1. The maximum Gasteiger partial charge on any atom is 0.325 e. The molecule has 3 atom stereocenters. The lowest BCUT2D eigenvalue weighted by Crippen LogP contribution is -2.58. The van der Waals surface area contributed by atoms with Gasteiger partial charge in [-0.2, -0.15) is 11.8 Å². The van der Waals surface area contributed by atoms with Gasteiger partial charge in [0.25, 0.3) is 0 Å². The van der Waals surface area contributed by atoms with Crippen molar-refractivity contribution in [2.24, 2.45) is 5.92 Å². The summed E-state index contributed by atoms with van der Waals surface area (Å²) in [6, 6.07) is 6.27. The third-order valence-electron chi connectivity index (χ3n) is 9.41. The van der Waals surface area contributed by atoms with Crippen LogP contribution in [-0.4, -0.2) is 85.3 Å². The molecule has 0 aliphatic rings. The van der Waals surface area contributed by atoms with Gasteiger partial charge in [0.2, 0.25) is 29.5 Å². The number of methoxy groups -OCH3 is 1. The average molecular weight is 804 g/mol.